The molecule has 0 aromatic heterocycles. The van der Waals surface area contributed by atoms with Gasteiger partial charge in [-0.25, -0.2) is 0 Å². The van der Waals surface area contributed by atoms with Crippen LogP contribution < -0.4 is 5.32 Å². The number of allylic oxidation sites excluding steroid dienone is 3. The lowest BCUT2D eigenvalue weighted by atomic mass is 9.99. The number of ether oxygens (including phenoxy) is 3. The third kappa shape index (κ3) is 50.8. The Bertz CT molecular complexity index is 1430. The molecule has 11 heteroatoms. The van der Waals surface area contributed by atoms with Gasteiger partial charge in [0.05, 0.1) is 32.0 Å². The smallest absolute Gasteiger partial charge is 0.305 e. The van der Waals surface area contributed by atoms with Gasteiger partial charge in [-0.1, -0.05) is 327 Å². The minimum Gasteiger partial charge on any atom is -0.466 e. The molecule has 0 aliphatic carbocycles. The minimum absolute atomic E-state index is 0.0144. The zero-order valence-corrected chi connectivity index (χ0v) is 54.4. The van der Waals surface area contributed by atoms with Crippen LogP contribution in [0, 0.1) is 0 Å². The molecule has 0 saturated carbocycles. The van der Waals surface area contributed by atoms with E-state index in [0.29, 0.717) is 19.4 Å². The zero-order chi connectivity index (χ0) is 60.2. The van der Waals surface area contributed by atoms with Crippen molar-refractivity contribution >= 4 is 11.9 Å². The molecule has 83 heavy (non-hydrogen) atoms. The average Bonchev–Trinajstić information content (AvgIpc) is 3.68. The van der Waals surface area contributed by atoms with Gasteiger partial charge in [0.1, 0.15) is 24.4 Å². The summed E-state index contributed by atoms with van der Waals surface area (Å²) in [7, 11) is 0. The maximum atomic E-state index is 13.0. The number of hydrogen-bond donors (Lipinski definition) is 6. The molecule has 1 rings (SSSR count). The summed E-state index contributed by atoms with van der Waals surface area (Å²) in [6.07, 6.45) is 67.7. The Hall–Kier alpha value is -1.86. The number of aliphatic hydroxyl groups is 5. The lowest BCUT2D eigenvalue weighted by molar-refractivity contribution is -0.302. The summed E-state index contributed by atoms with van der Waals surface area (Å²) in [5, 5.41) is 54.4. The number of rotatable bonds is 64. The number of hydrogen-bond acceptors (Lipinski definition) is 10. The molecule has 1 heterocycles. The van der Waals surface area contributed by atoms with Crippen LogP contribution in [0.5, 0.6) is 0 Å². The molecule has 0 spiro atoms. The molecule has 0 aromatic rings. The van der Waals surface area contributed by atoms with Crippen LogP contribution in [0.1, 0.15) is 361 Å². The quantitative estimate of drug-likeness (QED) is 0.0195. The van der Waals surface area contributed by atoms with Crippen LogP contribution in [0.15, 0.2) is 24.3 Å². The van der Waals surface area contributed by atoms with Crippen molar-refractivity contribution in [1.29, 1.82) is 0 Å². The van der Waals surface area contributed by atoms with E-state index in [-0.39, 0.29) is 18.5 Å². The van der Waals surface area contributed by atoms with Crippen molar-refractivity contribution in [3.8, 4) is 0 Å². The van der Waals surface area contributed by atoms with Crippen molar-refractivity contribution in [2.24, 2.45) is 0 Å². The van der Waals surface area contributed by atoms with E-state index in [1.165, 1.54) is 283 Å². The van der Waals surface area contributed by atoms with Crippen LogP contribution in [-0.4, -0.2) is 100 Å². The van der Waals surface area contributed by atoms with Gasteiger partial charge in [-0.2, -0.15) is 0 Å². The molecule has 7 unspecified atom stereocenters. The first kappa shape index (κ1) is 79.2. The second-order valence-corrected chi connectivity index (χ2v) is 25.3. The molecule has 6 N–H and O–H groups in total. The maximum absolute atomic E-state index is 13.0. The molecule has 1 fully saturated rings. The van der Waals surface area contributed by atoms with Crippen molar-refractivity contribution in [3.05, 3.63) is 24.3 Å². The van der Waals surface area contributed by atoms with Crippen LogP contribution in [0.3, 0.4) is 0 Å². The Balaban J connectivity index is 1.91. The summed E-state index contributed by atoms with van der Waals surface area (Å²) in [5.74, 6) is -0.172. The van der Waals surface area contributed by atoms with Gasteiger partial charge in [-0.15, -0.1) is 0 Å². The monoisotopic (exact) mass is 1180 g/mol. The molecule has 11 nitrogen and oxygen atoms in total. The number of unbranched alkanes of at least 4 members (excludes halogenated alkanes) is 48. The van der Waals surface area contributed by atoms with E-state index in [9.17, 15) is 35.1 Å². The number of amides is 1. The molecular weight excluding hydrogens is 1040 g/mol. The predicted molar refractivity (Wildman–Crippen MR) is 348 cm³/mol. The Morgan fingerprint density at radius 1 is 0.434 bits per heavy atom. The second kappa shape index (κ2) is 61.8. The number of carbonyl (C=O) groups excluding carboxylic acids is 2. The van der Waals surface area contributed by atoms with E-state index in [1.807, 2.05) is 6.08 Å². The SMILES string of the molecule is CCCCCCC/C=C/CC/C=C/C(O)C(COC1OC(CO)C(O)C(O)C1O)NC(=O)CCCCCCCCCCCCCCCCCCCCCCCCCCCCCCCCCCCOC(=O)CCCCCCCCCCCCC. The van der Waals surface area contributed by atoms with Gasteiger partial charge in [0.2, 0.25) is 5.91 Å². The Morgan fingerprint density at radius 2 is 0.783 bits per heavy atom. The summed E-state index contributed by atoms with van der Waals surface area (Å²) in [6, 6.07) is -0.823. The van der Waals surface area contributed by atoms with E-state index < -0.39 is 49.5 Å². The first-order valence-corrected chi connectivity index (χ1v) is 36.1. The molecular formula is C72H137NO10. The van der Waals surface area contributed by atoms with Crippen LogP contribution in [0.25, 0.3) is 0 Å². The lowest BCUT2D eigenvalue weighted by Gasteiger charge is -2.40. The summed E-state index contributed by atoms with van der Waals surface area (Å²) in [6.45, 7) is 4.34. The number of carbonyl (C=O) groups is 2. The standard InChI is InChI=1S/C72H137NO10/c1-3-5-7-9-11-13-38-42-46-50-54-58-65(75)64(63-82-72-71(80)70(79)69(78)66(62-74)83-72)73-67(76)59-55-51-47-43-40-36-34-32-30-28-26-24-22-20-18-16-15-17-19-21-23-25-27-29-31-33-35-37-41-45-49-53-57-61-81-68(77)60-56-52-48-44-39-14-12-10-8-6-4-2/h38,42,54,58,64-66,69-72,74-75,78-80H,3-37,39-41,43-53,55-57,59-63H2,1-2H3,(H,73,76)/b42-38+,58-54+. The van der Waals surface area contributed by atoms with Crippen molar-refractivity contribution in [3.63, 3.8) is 0 Å². The van der Waals surface area contributed by atoms with Gasteiger partial charge < -0.3 is 45.1 Å². The van der Waals surface area contributed by atoms with E-state index in [4.69, 9.17) is 14.2 Å². The molecule has 7 atom stereocenters. The summed E-state index contributed by atoms with van der Waals surface area (Å²) >= 11 is 0. The fraction of sp³-hybridized carbons (Fsp3) is 0.917. The Kier molecular flexibility index (Phi) is 58.9. The highest BCUT2D eigenvalue weighted by molar-refractivity contribution is 5.76. The summed E-state index contributed by atoms with van der Waals surface area (Å²) in [4.78, 5) is 25.1. The van der Waals surface area contributed by atoms with Gasteiger partial charge >= 0.3 is 5.97 Å². The van der Waals surface area contributed by atoms with Crippen LogP contribution in [0.2, 0.25) is 0 Å². The molecule has 1 amide bonds. The van der Waals surface area contributed by atoms with Gasteiger partial charge in [-0.3, -0.25) is 9.59 Å². The fourth-order valence-corrected chi connectivity index (χ4v) is 11.6. The molecule has 490 valence electrons. The van der Waals surface area contributed by atoms with Gasteiger partial charge in [0.25, 0.3) is 0 Å². The largest absolute Gasteiger partial charge is 0.466 e. The molecule has 1 saturated heterocycles. The van der Waals surface area contributed by atoms with Gasteiger partial charge in [0.15, 0.2) is 6.29 Å². The van der Waals surface area contributed by atoms with Gasteiger partial charge in [-0.05, 0) is 44.9 Å². The Morgan fingerprint density at radius 3 is 1.19 bits per heavy atom. The number of esters is 1. The van der Waals surface area contributed by atoms with Crippen molar-refractivity contribution in [2.75, 3.05) is 19.8 Å². The number of aliphatic hydroxyl groups excluding tert-OH is 5. The molecule has 0 aromatic carbocycles. The first-order chi connectivity index (χ1) is 40.7. The average molecular weight is 1180 g/mol. The Labute approximate surface area is 511 Å². The molecule has 1 aliphatic heterocycles. The van der Waals surface area contributed by atoms with Gasteiger partial charge in [0, 0.05) is 12.8 Å². The summed E-state index contributed by atoms with van der Waals surface area (Å²) in [5.41, 5.74) is 0. The molecule has 1 aliphatic rings. The third-order valence-corrected chi connectivity index (χ3v) is 17.3. The van der Waals surface area contributed by atoms with E-state index in [1.54, 1.807) is 6.08 Å². The highest BCUT2D eigenvalue weighted by Crippen LogP contribution is 2.23. The zero-order valence-electron chi connectivity index (χ0n) is 54.4. The van der Waals surface area contributed by atoms with Crippen LogP contribution in [-0.2, 0) is 23.8 Å². The van der Waals surface area contributed by atoms with Crippen LogP contribution >= 0.6 is 0 Å². The highest BCUT2D eigenvalue weighted by Gasteiger charge is 2.44. The highest BCUT2D eigenvalue weighted by atomic mass is 16.7. The lowest BCUT2D eigenvalue weighted by Crippen LogP contribution is -2.60. The van der Waals surface area contributed by atoms with E-state index in [0.717, 1.165) is 51.4 Å². The fourth-order valence-electron chi connectivity index (χ4n) is 11.6. The number of nitrogens with one attached hydrogen (secondary N) is 1. The topological polar surface area (TPSA) is 175 Å². The van der Waals surface area contributed by atoms with E-state index in [2.05, 4.69) is 31.3 Å². The third-order valence-electron chi connectivity index (χ3n) is 17.3. The normalized spacial score (nSPS) is 18.2. The van der Waals surface area contributed by atoms with Crippen molar-refractivity contribution in [2.45, 2.75) is 403 Å². The predicted octanol–water partition coefficient (Wildman–Crippen LogP) is 18.4. The van der Waals surface area contributed by atoms with E-state index >= 15 is 0 Å². The van der Waals surface area contributed by atoms with Crippen LogP contribution in [0.4, 0.5) is 0 Å². The second-order valence-electron chi connectivity index (χ2n) is 25.3. The molecule has 0 radical (unpaired) electrons. The molecule has 0 bridgehead atoms. The summed E-state index contributed by atoms with van der Waals surface area (Å²) < 4.78 is 16.7. The van der Waals surface area contributed by atoms with Crippen molar-refractivity contribution < 1.29 is 49.3 Å². The maximum Gasteiger partial charge on any atom is 0.305 e. The minimum atomic E-state index is -1.57. The van der Waals surface area contributed by atoms with Crippen molar-refractivity contribution in [1.82, 2.24) is 5.32 Å². The first-order valence-electron chi connectivity index (χ1n) is 36.1.